The second-order valence-electron chi connectivity index (χ2n) is 8.60. The summed E-state index contributed by atoms with van der Waals surface area (Å²) in [6.45, 7) is 13.1. The third kappa shape index (κ3) is 4.86. The summed E-state index contributed by atoms with van der Waals surface area (Å²) >= 11 is 6.26. The van der Waals surface area contributed by atoms with Crippen LogP contribution in [0.25, 0.3) is 15.6 Å². The quantitative estimate of drug-likeness (QED) is 0.457. The first-order valence-corrected chi connectivity index (χ1v) is 11.4. The number of benzene rings is 2. The Balaban J connectivity index is 1.60. The van der Waals surface area contributed by atoms with Crippen molar-refractivity contribution in [1.29, 1.82) is 0 Å². The van der Waals surface area contributed by atoms with E-state index in [-0.39, 0.29) is 11.8 Å². The minimum absolute atomic E-state index is 0.161. The zero-order valence-electron chi connectivity index (χ0n) is 18.7. The molecule has 1 unspecified atom stereocenters. The van der Waals surface area contributed by atoms with Crippen molar-refractivity contribution in [3.63, 3.8) is 0 Å². The predicted octanol–water partition coefficient (Wildman–Crippen LogP) is 5.69. The molecule has 1 aliphatic rings. The minimum atomic E-state index is -0.740. The van der Waals surface area contributed by atoms with Crippen molar-refractivity contribution in [1.82, 2.24) is 10.2 Å². The van der Waals surface area contributed by atoms with Crippen LogP contribution in [0.3, 0.4) is 0 Å². The predicted molar refractivity (Wildman–Crippen MR) is 131 cm³/mol. The van der Waals surface area contributed by atoms with Gasteiger partial charge in [0.25, 0.3) is 0 Å². The van der Waals surface area contributed by atoms with Gasteiger partial charge in [-0.15, -0.1) is 10.2 Å². The molecule has 0 bridgehead atoms. The highest BCUT2D eigenvalue weighted by molar-refractivity contribution is 6.31. The molecule has 1 fully saturated rings. The Morgan fingerprint density at radius 3 is 2.67 bits per heavy atom. The summed E-state index contributed by atoms with van der Waals surface area (Å²) in [5.41, 5.74) is 2.59. The van der Waals surface area contributed by atoms with Gasteiger partial charge in [-0.05, 0) is 48.9 Å². The van der Waals surface area contributed by atoms with E-state index < -0.39 is 5.97 Å². The van der Waals surface area contributed by atoms with Crippen LogP contribution >= 0.6 is 11.6 Å². The molecule has 8 heteroatoms. The lowest BCUT2D eigenvalue weighted by atomic mass is 9.85. The van der Waals surface area contributed by atoms with Gasteiger partial charge in [0.05, 0.1) is 12.5 Å². The lowest BCUT2D eigenvalue weighted by molar-refractivity contribution is -0.143. The number of aliphatic carboxylic acids is 1. The van der Waals surface area contributed by atoms with Gasteiger partial charge in [-0.1, -0.05) is 42.8 Å². The van der Waals surface area contributed by atoms with Crippen molar-refractivity contribution < 1.29 is 9.90 Å². The molecule has 0 spiro atoms. The van der Waals surface area contributed by atoms with E-state index >= 15 is 0 Å². The highest BCUT2D eigenvalue weighted by Gasteiger charge is 2.29. The molecule has 4 rings (SSSR count). The number of fused-ring (bicyclic) bond motifs is 1. The fourth-order valence-electron chi connectivity index (χ4n) is 4.31. The van der Waals surface area contributed by atoms with E-state index in [2.05, 4.69) is 25.3 Å². The number of nitrogens with one attached hydrogen (secondary N) is 1. The highest BCUT2D eigenvalue weighted by Crippen LogP contribution is 2.35. The molecule has 1 aliphatic heterocycles. The van der Waals surface area contributed by atoms with Crippen LogP contribution in [-0.4, -0.2) is 34.4 Å². The number of carbonyl (C=O) groups is 1. The average molecular weight is 464 g/mol. The Kier molecular flexibility index (Phi) is 6.66. The number of piperidine rings is 1. The molecule has 2 heterocycles. The summed E-state index contributed by atoms with van der Waals surface area (Å²) in [7, 11) is 0. The molecule has 1 saturated heterocycles. The lowest BCUT2D eigenvalue weighted by Crippen LogP contribution is -2.38. The zero-order chi connectivity index (χ0) is 23.5. The number of rotatable bonds is 6. The molecular formula is C25H26ClN5O2. The second-order valence-corrected chi connectivity index (χ2v) is 9.01. The van der Waals surface area contributed by atoms with Gasteiger partial charge in [0.2, 0.25) is 0 Å². The summed E-state index contributed by atoms with van der Waals surface area (Å²) in [6.07, 6.45) is 1.59. The van der Waals surface area contributed by atoms with Crippen LogP contribution in [0.15, 0.2) is 36.4 Å². The molecule has 0 amide bonds. The molecule has 3 aromatic rings. The maximum atomic E-state index is 11.3. The molecular weight excluding hydrogens is 438 g/mol. The zero-order valence-corrected chi connectivity index (χ0v) is 19.4. The number of carboxylic acid groups (broad SMARTS) is 1. The van der Waals surface area contributed by atoms with Crippen LogP contribution in [-0.2, 0) is 11.3 Å². The molecule has 0 aliphatic carbocycles. The van der Waals surface area contributed by atoms with Crippen LogP contribution in [0, 0.1) is 25.3 Å². The first kappa shape index (κ1) is 22.8. The van der Waals surface area contributed by atoms with E-state index in [9.17, 15) is 9.90 Å². The van der Waals surface area contributed by atoms with Crippen LogP contribution in [0.2, 0.25) is 5.02 Å². The maximum Gasteiger partial charge on any atom is 0.306 e. The number of hydrogen-bond donors (Lipinski definition) is 2. The van der Waals surface area contributed by atoms with E-state index in [1.807, 2.05) is 37.3 Å². The summed E-state index contributed by atoms with van der Waals surface area (Å²) < 4.78 is 0. The van der Waals surface area contributed by atoms with Gasteiger partial charge >= 0.3 is 5.97 Å². The Labute approximate surface area is 198 Å². The van der Waals surface area contributed by atoms with Gasteiger partial charge in [0.1, 0.15) is 0 Å². The van der Waals surface area contributed by atoms with Gasteiger partial charge in [0, 0.05) is 35.4 Å². The fraction of sp³-hybridized carbons (Fsp3) is 0.360. The maximum absolute atomic E-state index is 11.3. The number of aryl methyl sites for hydroxylation is 1. The Bertz CT molecular complexity index is 1230. The summed E-state index contributed by atoms with van der Waals surface area (Å²) in [5, 5.41) is 24.1. The van der Waals surface area contributed by atoms with E-state index in [4.69, 9.17) is 18.2 Å². The third-order valence-corrected chi connectivity index (χ3v) is 6.91. The average Bonchev–Trinajstić information content (AvgIpc) is 2.83. The number of aromatic nitrogens is 2. The molecule has 1 aromatic heterocycles. The highest BCUT2D eigenvalue weighted by atomic mass is 35.5. The number of halogens is 1. The van der Waals surface area contributed by atoms with Gasteiger partial charge in [-0.2, -0.15) is 0 Å². The van der Waals surface area contributed by atoms with Crippen LogP contribution < -0.4 is 10.2 Å². The van der Waals surface area contributed by atoms with Crippen molar-refractivity contribution >= 4 is 45.7 Å². The molecule has 2 N–H and O–H groups in total. The molecule has 0 radical (unpaired) electrons. The fourth-order valence-corrected chi connectivity index (χ4v) is 4.51. The molecule has 33 heavy (non-hydrogen) atoms. The number of carboxylic acids is 1. The summed E-state index contributed by atoms with van der Waals surface area (Å²) in [4.78, 5) is 17.1. The number of anilines is 2. The van der Waals surface area contributed by atoms with Crippen molar-refractivity contribution in [3.05, 3.63) is 64.0 Å². The van der Waals surface area contributed by atoms with Crippen molar-refractivity contribution in [2.24, 2.45) is 11.8 Å². The Hall–Kier alpha value is -3.37. The molecule has 1 atom stereocenters. The molecule has 170 valence electrons. The Morgan fingerprint density at radius 2 is 2.00 bits per heavy atom. The number of hydrogen-bond acceptors (Lipinski definition) is 5. The van der Waals surface area contributed by atoms with E-state index in [0.29, 0.717) is 18.1 Å². The molecule has 2 aromatic carbocycles. The van der Waals surface area contributed by atoms with Gasteiger partial charge in [-0.25, -0.2) is 4.85 Å². The third-order valence-electron chi connectivity index (χ3n) is 6.50. The lowest BCUT2D eigenvalue weighted by Gasteiger charge is -2.34. The molecule has 7 nitrogen and oxygen atoms in total. The van der Waals surface area contributed by atoms with E-state index in [0.717, 1.165) is 58.7 Å². The van der Waals surface area contributed by atoms with Crippen molar-refractivity contribution in [2.45, 2.75) is 33.2 Å². The number of nitrogens with zero attached hydrogens (tertiary/aromatic N) is 4. The van der Waals surface area contributed by atoms with Crippen LogP contribution in [0.1, 0.15) is 30.9 Å². The van der Waals surface area contributed by atoms with E-state index in [1.54, 1.807) is 13.0 Å². The van der Waals surface area contributed by atoms with Gasteiger partial charge in [0.15, 0.2) is 17.3 Å². The molecule has 0 saturated carbocycles. The van der Waals surface area contributed by atoms with Crippen molar-refractivity contribution in [3.8, 4) is 0 Å². The monoisotopic (exact) mass is 463 g/mol. The SMILES string of the molecule is [C-]#[N+]c1ccc2c(N3CCC(C(C)C(=O)O)CC3)nnc(NCc3ccc(C)c(Cl)c3)c2c1. The largest absolute Gasteiger partial charge is 0.481 e. The summed E-state index contributed by atoms with van der Waals surface area (Å²) in [5.74, 6) is 0.458. The smallest absolute Gasteiger partial charge is 0.306 e. The van der Waals surface area contributed by atoms with Gasteiger partial charge in [-0.3, -0.25) is 4.79 Å². The van der Waals surface area contributed by atoms with Crippen LogP contribution in [0.5, 0.6) is 0 Å². The first-order valence-electron chi connectivity index (χ1n) is 11.0. The Morgan fingerprint density at radius 1 is 1.24 bits per heavy atom. The minimum Gasteiger partial charge on any atom is -0.481 e. The van der Waals surface area contributed by atoms with Gasteiger partial charge < -0.3 is 15.3 Å². The normalized spacial score (nSPS) is 15.3. The summed E-state index contributed by atoms with van der Waals surface area (Å²) in [6, 6.07) is 11.5. The topological polar surface area (TPSA) is 82.7 Å². The second kappa shape index (κ2) is 9.63. The first-order chi connectivity index (χ1) is 15.9. The van der Waals surface area contributed by atoms with Crippen LogP contribution in [0.4, 0.5) is 17.3 Å². The van der Waals surface area contributed by atoms with E-state index in [1.165, 1.54) is 0 Å². The van der Waals surface area contributed by atoms with Crippen molar-refractivity contribution in [2.75, 3.05) is 23.3 Å². The standard InChI is InChI=1S/C25H26ClN5O2/c1-15-4-5-17(12-22(15)26)14-28-23-21-13-19(27-3)6-7-20(21)24(30-29-23)31-10-8-18(9-11-31)16(2)25(32)33/h4-7,12-13,16,18H,8-11,14H2,1-2H3,(H,28,29)(H,32,33).